The summed E-state index contributed by atoms with van der Waals surface area (Å²) >= 11 is 0. The number of rotatable bonds is 29. The lowest BCUT2D eigenvalue weighted by atomic mass is 9.91. The maximum absolute atomic E-state index is 14.4. The number of nitrogens with zero attached hydrogens (tertiary/aromatic N) is 6. The van der Waals surface area contributed by atoms with Gasteiger partial charge in [-0.25, -0.2) is 19.9 Å². The van der Waals surface area contributed by atoms with Crippen LogP contribution < -0.4 is 22.2 Å². The zero-order valence-electron chi connectivity index (χ0n) is 46.2. The third-order valence-electron chi connectivity index (χ3n) is 17.1. The molecule has 10 nitrogen and oxygen atoms in total. The first-order valence-corrected chi connectivity index (χ1v) is 29.8. The Morgan fingerprint density at radius 2 is 0.724 bits per heavy atom. The van der Waals surface area contributed by atoms with Crippen LogP contribution in [0.2, 0.25) is 0 Å². The molecule has 4 aromatic heterocycles. The van der Waals surface area contributed by atoms with E-state index in [1.807, 2.05) is 12.1 Å². The second-order valence-corrected chi connectivity index (χ2v) is 23.4. The third-order valence-corrected chi connectivity index (χ3v) is 17.1. The minimum Gasteiger partial charge on any atom is -0.274 e. The summed E-state index contributed by atoms with van der Waals surface area (Å²) in [4.78, 5) is 77.6. The summed E-state index contributed by atoms with van der Waals surface area (Å²) in [6, 6.07) is 19.4. The van der Waals surface area contributed by atoms with Gasteiger partial charge in [0, 0.05) is 45.4 Å². The monoisotopic (exact) mass is 1020 g/mol. The topological polar surface area (TPSA) is 130 Å². The molecule has 0 saturated heterocycles. The van der Waals surface area contributed by atoms with Gasteiger partial charge in [0.15, 0.2) is 0 Å². The van der Waals surface area contributed by atoms with Crippen LogP contribution in [-0.2, 0) is 13.1 Å². The SMILES string of the molecule is CCCCCCCCCCCCC(CCCCCCCCCC)Cn1c(=O)c2cc3nc4c5cccc6c7nc8cc9c(=O)n(CCC(C)CCCC(C)C)c(=O)c9cc8nc7c7cccc(c4nc3cc2c1=O)c7c65. The first-order valence-electron chi connectivity index (χ1n) is 29.8. The number of fused-ring (bicyclic) bond motifs is 10. The molecule has 0 radical (unpaired) electrons. The molecule has 10 aromatic rings. The highest BCUT2D eigenvalue weighted by Gasteiger charge is 2.24. The van der Waals surface area contributed by atoms with Crippen LogP contribution in [0.15, 0.2) is 79.8 Å². The maximum Gasteiger partial charge on any atom is 0.261 e. The average molecular weight is 1020 g/mol. The predicted molar refractivity (Wildman–Crippen MR) is 319 cm³/mol. The van der Waals surface area contributed by atoms with Crippen molar-refractivity contribution >= 4 is 98.0 Å². The Hall–Kier alpha value is -6.16. The van der Waals surface area contributed by atoms with Crippen molar-refractivity contribution in [3.8, 4) is 0 Å². The van der Waals surface area contributed by atoms with E-state index in [0.717, 1.165) is 77.3 Å². The van der Waals surface area contributed by atoms with Gasteiger partial charge in [0.2, 0.25) is 0 Å². The zero-order valence-corrected chi connectivity index (χ0v) is 46.2. The van der Waals surface area contributed by atoms with E-state index in [1.165, 1.54) is 118 Å². The lowest BCUT2D eigenvalue weighted by molar-refractivity contribution is 0.351. The Morgan fingerprint density at radius 3 is 1.08 bits per heavy atom. The van der Waals surface area contributed by atoms with Crippen LogP contribution >= 0.6 is 0 Å². The van der Waals surface area contributed by atoms with Gasteiger partial charge in [-0.05, 0) is 61.3 Å². The van der Waals surface area contributed by atoms with Crippen LogP contribution in [0.3, 0.4) is 0 Å². The van der Waals surface area contributed by atoms with E-state index in [4.69, 9.17) is 19.9 Å². The summed E-state index contributed by atoms with van der Waals surface area (Å²) in [5.41, 5.74) is 4.07. The summed E-state index contributed by atoms with van der Waals surface area (Å²) in [5.74, 6) is 1.34. The van der Waals surface area contributed by atoms with E-state index in [2.05, 4.69) is 58.9 Å². The van der Waals surface area contributed by atoms with Crippen molar-refractivity contribution in [2.45, 2.75) is 202 Å². The minimum absolute atomic E-state index is 0.230. The molecule has 2 unspecified atom stereocenters. The zero-order chi connectivity index (χ0) is 52.9. The Kier molecular flexibility index (Phi) is 16.8. The van der Waals surface area contributed by atoms with Gasteiger partial charge in [-0.15, -0.1) is 0 Å². The highest BCUT2D eigenvalue weighted by atomic mass is 16.2. The fourth-order valence-corrected chi connectivity index (χ4v) is 12.7. The van der Waals surface area contributed by atoms with Crippen molar-refractivity contribution in [3.05, 3.63) is 102 Å². The van der Waals surface area contributed by atoms with Crippen LogP contribution in [0, 0.1) is 17.8 Å². The number of hydrogen-bond acceptors (Lipinski definition) is 8. The van der Waals surface area contributed by atoms with Crippen LogP contribution in [0.5, 0.6) is 0 Å². The molecule has 76 heavy (non-hydrogen) atoms. The Labute approximate surface area is 446 Å². The summed E-state index contributed by atoms with van der Waals surface area (Å²) in [6.07, 6.45) is 29.2. The molecule has 0 spiro atoms. The molecule has 10 heteroatoms. The van der Waals surface area contributed by atoms with Gasteiger partial charge < -0.3 is 0 Å². The molecule has 0 aliphatic heterocycles. The highest BCUT2D eigenvalue weighted by Crippen LogP contribution is 2.44. The molecule has 398 valence electrons. The van der Waals surface area contributed by atoms with E-state index >= 15 is 0 Å². The smallest absolute Gasteiger partial charge is 0.261 e. The molecule has 6 aromatic carbocycles. The van der Waals surface area contributed by atoms with Gasteiger partial charge in [0.05, 0.1) is 65.7 Å². The summed E-state index contributed by atoms with van der Waals surface area (Å²) in [6.45, 7) is 12.1. The van der Waals surface area contributed by atoms with E-state index < -0.39 is 0 Å². The van der Waals surface area contributed by atoms with Crippen LogP contribution in [0.1, 0.15) is 189 Å². The number of aromatic nitrogens is 6. The molecule has 10 rings (SSSR count). The summed E-state index contributed by atoms with van der Waals surface area (Å²) in [5, 5.41) is 7.13. The van der Waals surface area contributed by atoms with Crippen LogP contribution in [0.4, 0.5) is 0 Å². The van der Waals surface area contributed by atoms with Gasteiger partial charge in [0.25, 0.3) is 22.2 Å². The predicted octanol–water partition coefficient (Wildman–Crippen LogP) is 16.3. The molecule has 0 N–H and O–H groups in total. The maximum atomic E-state index is 14.4. The Morgan fingerprint density at radius 1 is 0.382 bits per heavy atom. The molecule has 4 heterocycles. The first kappa shape index (κ1) is 53.2. The Bertz CT molecular complexity index is 3670. The van der Waals surface area contributed by atoms with E-state index in [1.54, 1.807) is 24.3 Å². The normalized spacial score (nSPS) is 13.3. The fraction of sp³-hybridized carbons (Fsp3) is 0.515. The van der Waals surface area contributed by atoms with Crippen molar-refractivity contribution in [2.24, 2.45) is 17.8 Å². The number of hydrogen-bond donors (Lipinski definition) is 0. The molecule has 2 atom stereocenters. The molecule has 0 aliphatic rings. The average Bonchev–Trinajstić information content (AvgIpc) is 3.88. The van der Waals surface area contributed by atoms with Gasteiger partial charge in [-0.1, -0.05) is 206 Å². The lowest BCUT2D eigenvalue weighted by Gasteiger charge is -2.17. The fourth-order valence-electron chi connectivity index (χ4n) is 12.7. The van der Waals surface area contributed by atoms with Crippen molar-refractivity contribution in [1.82, 2.24) is 29.1 Å². The largest absolute Gasteiger partial charge is 0.274 e. The second-order valence-electron chi connectivity index (χ2n) is 23.4. The quantitative estimate of drug-likeness (QED) is 0.0258. The molecular formula is C66H80N6O4. The van der Waals surface area contributed by atoms with Gasteiger partial charge in [0.1, 0.15) is 0 Å². The molecule has 0 bridgehead atoms. The molecule has 0 amide bonds. The van der Waals surface area contributed by atoms with E-state index in [-0.39, 0.29) is 28.2 Å². The highest BCUT2D eigenvalue weighted by molar-refractivity contribution is 6.38. The van der Waals surface area contributed by atoms with Gasteiger partial charge in [-0.3, -0.25) is 28.3 Å². The van der Waals surface area contributed by atoms with Gasteiger partial charge in [-0.2, -0.15) is 0 Å². The number of unbranched alkanes of at least 4 members (excludes halogenated alkanes) is 16. The molecular weight excluding hydrogens is 941 g/mol. The van der Waals surface area contributed by atoms with Gasteiger partial charge >= 0.3 is 0 Å². The van der Waals surface area contributed by atoms with Crippen molar-refractivity contribution in [1.29, 1.82) is 0 Å². The van der Waals surface area contributed by atoms with E-state index in [9.17, 15) is 19.2 Å². The molecule has 0 aliphatic carbocycles. The molecule has 0 fully saturated rings. The first-order chi connectivity index (χ1) is 37.1. The van der Waals surface area contributed by atoms with Crippen molar-refractivity contribution < 1.29 is 0 Å². The van der Waals surface area contributed by atoms with Crippen LogP contribution in [0.25, 0.3) is 98.0 Å². The van der Waals surface area contributed by atoms with Crippen molar-refractivity contribution in [2.75, 3.05) is 0 Å². The third kappa shape index (κ3) is 10.9. The summed E-state index contributed by atoms with van der Waals surface area (Å²) < 4.78 is 2.93. The minimum atomic E-state index is -0.271. The van der Waals surface area contributed by atoms with E-state index in [0.29, 0.717) is 90.6 Å². The Balaban J connectivity index is 0.976. The van der Waals surface area contributed by atoms with Crippen molar-refractivity contribution in [3.63, 3.8) is 0 Å². The summed E-state index contributed by atoms with van der Waals surface area (Å²) in [7, 11) is 0. The number of benzene rings is 6. The standard InChI is InChI=1S/C66H80N6O4/c1-6-8-10-12-14-16-17-19-21-23-30-44(29-22-20-18-15-13-11-9-7-2)41-72-65(75)51-39-55-56(40-52(51)66(72)76)70-62-48-34-26-32-46-58(48)57-45(31-25-33-47(57)61(62)69-55)59-60(46)68-54-38-50-49(37-53(54)67-59)63(73)71(64(50)74)36-35-43(5)28-24-27-42(3)4/h25-26,31-34,37-40,42-44H,6-24,27-30,35-36,41H2,1-5H3. The van der Waals surface area contributed by atoms with Crippen LogP contribution in [-0.4, -0.2) is 29.1 Å². The lowest BCUT2D eigenvalue weighted by Crippen LogP contribution is -2.29. The molecule has 0 saturated carbocycles. The second kappa shape index (κ2) is 24.0.